The van der Waals surface area contributed by atoms with Gasteiger partial charge < -0.3 is 28.9 Å². The molecule has 4 fully saturated rings. The number of fused-ring (bicyclic) bond motifs is 6. The molecule has 11 heteroatoms. The van der Waals surface area contributed by atoms with Crippen LogP contribution < -0.4 is 14.8 Å². The molecule has 6 aliphatic rings. The molecular formula is C37H53N3O7Si. The zero-order valence-corrected chi connectivity index (χ0v) is 31.8. The summed E-state index contributed by atoms with van der Waals surface area (Å²) in [7, 11) is -2.20. The average Bonchev–Trinajstić information content (AvgIpc) is 3.48. The average molecular weight is 680 g/mol. The van der Waals surface area contributed by atoms with Crippen LogP contribution in [0.15, 0.2) is 12.1 Å². The molecule has 1 aliphatic carbocycles. The van der Waals surface area contributed by atoms with Gasteiger partial charge in [0.15, 0.2) is 19.8 Å². The van der Waals surface area contributed by atoms with Gasteiger partial charge in [-0.2, -0.15) is 0 Å². The van der Waals surface area contributed by atoms with Crippen molar-refractivity contribution in [2.45, 2.75) is 147 Å². The molecule has 2 bridgehead atoms. The maximum atomic E-state index is 14.5. The smallest absolute Gasteiger partial charge is 0.419 e. The lowest BCUT2D eigenvalue weighted by molar-refractivity contribution is -0.179. The van der Waals surface area contributed by atoms with Crippen molar-refractivity contribution in [2.24, 2.45) is 5.92 Å². The first-order valence-corrected chi connectivity index (χ1v) is 20.5. The first kappa shape index (κ1) is 33.4. The fourth-order valence-corrected chi connectivity index (χ4v) is 10.4. The molecule has 2 spiro atoms. The Morgan fingerprint density at radius 1 is 1.06 bits per heavy atom. The SMILES string of the molecule is CC(C)(C)OC(=O)n1c2c(c3ccc4c(c31)OCC(O[Si](C)(C)C(C)(C)C)C(C)(C)O4)C[C@]13NC(=O)[C@@]4(CCCN4C1=O)C[C@@H]3C2(C)C. The van der Waals surface area contributed by atoms with E-state index in [4.69, 9.17) is 18.6 Å². The number of amides is 2. The molecule has 0 saturated carbocycles. The topological polar surface area (TPSA) is 108 Å². The maximum absolute atomic E-state index is 14.5. The van der Waals surface area contributed by atoms with Crippen LogP contribution in [-0.4, -0.2) is 77.2 Å². The van der Waals surface area contributed by atoms with E-state index in [-0.39, 0.29) is 41.9 Å². The molecule has 8 rings (SSSR count). The van der Waals surface area contributed by atoms with E-state index in [0.29, 0.717) is 36.4 Å². The zero-order valence-electron chi connectivity index (χ0n) is 30.8. The fourth-order valence-electron chi connectivity index (χ4n) is 9.01. The fraction of sp³-hybridized carbons (Fsp3) is 0.703. The molecule has 4 atom stereocenters. The number of aromatic nitrogens is 1. The van der Waals surface area contributed by atoms with E-state index in [1.807, 2.05) is 51.7 Å². The van der Waals surface area contributed by atoms with Gasteiger partial charge in [0.2, 0.25) is 11.8 Å². The summed E-state index contributed by atoms with van der Waals surface area (Å²) in [6.45, 7) is 25.7. The van der Waals surface area contributed by atoms with Crippen LogP contribution in [-0.2, 0) is 30.6 Å². The highest BCUT2D eigenvalue weighted by atomic mass is 28.4. The Labute approximate surface area is 285 Å². The number of carbonyl (C=O) groups excluding carboxylic acids is 3. The van der Waals surface area contributed by atoms with Crippen molar-refractivity contribution in [3.8, 4) is 11.5 Å². The van der Waals surface area contributed by atoms with Crippen molar-refractivity contribution >= 4 is 37.1 Å². The number of piperidine rings is 2. The Morgan fingerprint density at radius 3 is 2.40 bits per heavy atom. The van der Waals surface area contributed by atoms with Gasteiger partial charge in [-0.3, -0.25) is 9.59 Å². The number of nitrogens with one attached hydrogen (secondary N) is 1. The molecular weight excluding hydrogens is 627 g/mol. The van der Waals surface area contributed by atoms with E-state index < -0.39 is 42.1 Å². The van der Waals surface area contributed by atoms with E-state index in [0.717, 1.165) is 23.1 Å². The van der Waals surface area contributed by atoms with Crippen molar-refractivity contribution in [3.63, 3.8) is 0 Å². The summed E-state index contributed by atoms with van der Waals surface area (Å²) in [5.74, 6) is 0.699. The lowest BCUT2D eigenvalue weighted by atomic mass is 9.51. The van der Waals surface area contributed by atoms with Gasteiger partial charge in [-0.05, 0) is 89.7 Å². The van der Waals surface area contributed by atoms with Gasteiger partial charge in [0.05, 0.1) is 0 Å². The molecule has 1 aromatic carbocycles. The third kappa shape index (κ3) is 4.41. The van der Waals surface area contributed by atoms with Crippen LogP contribution >= 0.6 is 0 Å². The Morgan fingerprint density at radius 2 is 1.75 bits per heavy atom. The number of piperazine rings is 1. The molecule has 4 saturated heterocycles. The number of benzene rings is 1. The van der Waals surface area contributed by atoms with Gasteiger partial charge in [-0.25, -0.2) is 9.36 Å². The van der Waals surface area contributed by atoms with Gasteiger partial charge in [0, 0.05) is 35.4 Å². The molecule has 2 amide bonds. The summed E-state index contributed by atoms with van der Waals surface area (Å²) in [5, 5.41) is 4.05. The molecule has 1 unspecified atom stereocenters. The van der Waals surface area contributed by atoms with Crippen LogP contribution in [0.5, 0.6) is 11.5 Å². The van der Waals surface area contributed by atoms with Crippen LogP contribution in [0, 0.1) is 5.92 Å². The summed E-state index contributed by atoms with van der Waals surface area (Å²) < 4.78 is 28.2. The standard InChI is InChI=1S/C37H53N3O7Si/c1-32(2,3)46-31(43)40-26-21(14-15-23-27(26)44-20-25(35(9,10)45-23)47-48(11,12)33(4,5)6)22-18-37-24(34(7,8)28(22)40)19-36(29(41)38-37)16-13-17-39(36)30(37)42/h14-15,24-25H,13,16-20H2,1-12H3,(H,38,41)/t24-,25?,36-,37-/m1/s1. The first-order valence-electron chi connectivity index (χ1n) is 17.6. The summed E-state index contributed by atoms with van der Waals surface area (Å²) in [5.41, 5.74) is -1.90. The van der Waals surface area contributed by atoms with Crippen LogP contribution in [0.25, 0.3) is 10.9 Å². The third-order valence-electron chi connectivity index (χ3n) is 12.4. The minimum absolute atomic E-state index is 0.00513. The summed E-state index contributed by atoms with van der Waals surface area (Å²) in [6.07, 6.45) is 1.43. The number of ether oxygens (including phenoxy) is 3. The van der Waals surface area contributed by atoms with E-state index in [1.54, 1.807) is 4.57 Å². The number of hydrogen-bond acceptors (Lipinski definition) is 7. The highest BCUT2D eigenvalue weighted by molar-refractivity contribution is 6.74. The molecule has 6 heterocycles. The van der Waals surface area contributed by atoms with Crippen molar-refractivity contribution in [1.29, 1.82) is 0 Å². The monoisotopic (exact) mass is 679 g/mol. The van der Waals surface area contributed by atoms with Crippen LogP contribution in [0.2, 0.25) is 18.1 Å². The van der Waals surface area contributed by atoms with Gasteiger partial charge in [-0.15, -0.1) is 0 Å². The molecule has 1 aromatic heterocycles. The second-order valence-electron chi connectivity index (χ2n) is 18.5. The Kier molecular flexibility index (Phi) is 6.83. The molecule has 5 aliphatic heterocycles. The number of carbonyl (C=O) groups is 3. The quantitative estimate of drug-likeness (QED) is 0.364. The largest absolute Gasteiger partial charge is 0.485 e. The van der Waals surface area contributed by atoms with Gasteiger partial charge in [-0.1, -0.05) is 34.6 Å². The van der Waals surface area contributed by atoms with Gasteiger partial charge in [0.25, 0.3) is 0 Å². The third-order valence-corrected chi connectivity index (χ3v) is 16.9. The zero-order chi connectivity index (χ0) is 35.2. The Hall–Kier alpha value is -3.05. The minimum Gasteiger partial charge on any atom is -0.485 e. The maximum Gasteiger partial charge on any atom is 0.419 e. The first-order chi connectivity index (χ1) is 22.0. The predicted molar refractivity (Wildman–Crippen MR) is 185 cm³/mol. The van der Waals surface area contributed by atoms with Crippen molar-refractivity contribution < 1.29 is 33.0 Å². The highest BCUT2D eigenvalue weighted by Gasteiger charge is 2.73. The number of nitrogens with zero attached hydrogens (tertiary/aromatic N) is 2. The van der Waals surface area contributed by atoms with Crippen molar-refractivity contribution in [3.05, 3.63) is 23.4 Å². The van der Waals surface area contributed by atoms with Crippen LogP contribution in [0.1, 0.15) is 99.8 Å². The lowest BCUT2D eigenvalue weighted by Gasteiger charge is -2.64. The highest BCUT2D eigenvalue weighted by Crippen LogP contribution is 2.60. The van der Waals surface area contributed by atoms with E-state index in [2.05, 4.69) is 53.0 Å². The summed E-state index contributed by atoms with van der Waals surface area (Å²) >= 11 is 0. The number of rotatable bonds is 2. The van der Waals surface area contributed by atoms with Gasteiger partial charge >= 0.3 is 6.09 Å². The summed E-state index contributed by atoms with van der Waals surface area (Å²) in [4.78, 5) is 44.5. The summed E-state index contributed by atoms with van der Waals surface area (Å²) in [6, 6.07) is 3.87. The molecule has 1 N–H and O–H groups in total. The normalized spacial score (nSPS) is 30.4. The van der Waals surface area contributed by atoms with Crippen LogP contribution in [0.3, 0.4) is 0 Å². The Bertz CT molecular complexity index is 1760. The van der Waals surface area contributed by atoms with Crippen molar-refractivity contribution in [1.82, 2.24) is 14.8 Å². The van der Waals surface area contributed by atoms with E-state index in [1.165, 1.54) is 0 Å². The Balaban J connectivity index is 1.43. The van der Waals surface area contributed by atoms with Crippen molar-refractivity contribution in [2.75, 3.05) is 13.2 Å². The molecule has 262 valence electrons. The lowest BCUT2D eigenvalue weighted by Crippen LogP contribution is -2.84. The van der Waals surface area contributed by atoms with Crippen LogP contribution in [0.4, 0.5) is 4.79 Å². The molecule has 48 heavy (non-hydrogen) atoms. The second-order valence-corrected chi connectivity index (χ2v) is 23.2. The van der Waals surface area contributed by atoms with E-state index >= 15 is 0 Å². The number of hydrogen-bond donors (Lipinski definition) is 1. The van der Waals surface area contributed by atoms with E-state index in [9.17, 15) is 14.4 Å². The molecule has 2 aromatic rings. The molecule has 10 nitrogen and oxygen atoms in total. The minimum atomic E-state index is -2.20. The van der Waals surface area contributed by atoms with Gasteiger partial charge in [0.1, 0.15) is 40.5 Å². The second kappa shape index (κ2) is 9.80. The molecule has 0 radical (unpaired) electrons. The predicted octanol–water partition coefficient (Wildman–Crippen LogP) is 6.45.